The first-order chi connectivity index (χ1) is 15.0. The summed E-state index contributed by atoms with van der Waals surface area (Å²) in [6, 6.07) is 16.3. The molecule has 6 nitrogen and oxygen atoms in total. The molecule has 2 aromatic carbocycles. The predicted octanol–water partition coefficient (Wildman–Crippen LogP) is 4.63. The fraction of sp³-hybridized carbons (Fsp3) is 0.360. The lowest BCUT2D eigenvalue weighted by Gasteiger charge is -2.30. The summed E-state index contributed by atoms with van der Waals surface area (Å²) in [5.41, 5.74) is 2.67. The van der Waals surface area contributed by atoms with Crippen LogP contribution in [0, 0.1) is 5.92 Å². The van der Waals surface area contributed by atoms with Crippen LogP contribution in [0.4, 0.5) is 4.79 Å². The van der Waals surface area contributed by atoms with E-state index in [-0.39, 0.29) is 12.1 Å². The van der Waals surface area contributed by atoms with E-state index in [2.05, 4.69) is 17.6 Å². The maximum absolute atomic E-state index is 13.2. The van der Waals surface area contributed by atoms with Crippen LogP contribution in [0.2, 0.25) is 0 Å². The zero-order chi connectivity index (χ0) is 21.8. The van der Waals surface area contributed by atoms with Crippen molar-refractivity contribution in [1.29, 1.82) is 0 Å². The molecule has 0 bridgehead atoms. The van der Waals surface area contributed by atoms with Crippen LogP contribution < -0.4 is 15.4 Å². The van der Waals surface area contributed by atoms with E-state index in [1.165, 1.54) is 0 Å². The van der Waals surface area contributed by atoms with Gasteiger partial charge < -0.3 is 20.1 Å². The fourth-order valence-corrected chi connectivity index (χ4v) is 4.27. The van der Waals surface area contributed by atoms with Gasteiger partial charge in [0.15, 0.2) is 0 Å². The topological polar surface area (TPSA) is 76.7 Å². The number of carbonyl (C=O) groups is 2. The van der Waals surface area contributed by atoms with Crippen LogP contribution in [-0.2, 0) is 16.1 Å². The number of ether oxygens (including phenoxy) is 2. The van der Waals surface area contributed by atoms with Gasteiger partial charge in [-0.25, -0.2) is 9.59 Å². The lowest BCUT2D eigenvalue weighted by molar-refractivity contribution is -0.146. The van der Waals surface area contributed by atoms with Gasteiger partial charge in [0.05, 0.1) is 11.6 Å². The molecule has 2 aromatic rings. The Bertz CT molecular complexity index is 986. The van der Waals surface area contributed by atoms with E-state index in [1.807, 2.05) is 54.6 Å². The first-order valence-electron chi connectivity index (χ1n) is 10.8. The molecular weight excluding hydrogens is 392 g/mol. The average Bonchev–Trinajstić information content (AvgIpc) is 3.16. The van der Waals surface area contributed by atoms with E-state index in [0.717, 1.165) is 30.4 Å². The van der Waals surface area contributed by atoms with Crippen LogP contribution in [-0.4, -0.2) is 18.1 Å². The standard InChI is InChI=1S/C25H28N2O4/c1-16-9-8-14-20(16)31-24(28)22-17(2)26-25(29)27-23(22)19-12-6-7-13-21(19)30-15-18-10-4-3-5-11-18/h3-7,10-13,16,20,23H,8-9,14-15H2,1-2H3,(H2,26,27,29)/t16-,20+,23-/m1/s1. The molecule has 0 saturated heterocycles. The van der Waals surface area contributed by atoms with Gasteiger partial charge in [-0.2, -0.15) is 0 Å². The first kappa shape index (κ1) is 21.0. The van der Waals surface area contributed by atoms with Gasteiger partial charge in [0.2, 0.25) is 0 Å². The highest BCUT2D eigenvalue weighted by molar-refractivity contribution is 5.95. The van der Waals surface area contributed by atoms with Crippen LogP contribution in [0.1, 0.15) is 50.3 Å². The summed E-state index contributed by atoms with van der Waals surface area (Å²) in [7, 11) is 0. The molecule has 1 aliphatic heterocycles. The summed E-state index contributed by atoms with van der Waals surface area (Å²) in [5.74, 6) is 0.563. The minimum absolute atomic E-state index is 0.0874. The minimum Gasteiger partial charge on any atom is -0.489 e. The molecular formula is C25H28N2O4. The maximum Gasteiger partial charge on any atom is 0.338 e. The van der Waals surface area contributed by atoms with E-state index in [4.69, 9.17) is 9.47 Å². The molecule has 2 aliphatic rings. The summed E-state index contributed by atoms with van der Waals surface area (Å²) in [5, 5.41) is 5.59. The average molecular weight is 421 g/mol. The zero-order valence-electron chi connectivity index (χ0n) is 17.9. The normalized spacial score (nSPS) is 23.2. The molecule has 1 heterocycles. The number of urea groups is 1. The van der Waals surface area contributed by atoms with Crippen LogP contribution >= 0.6 is 0 Å². The molecule has 2 N–H and O–H groups in total. The molecule has 1 aliphatic carbocycles. The summed E-state index contributed by atoms with van der Waals surface area (Å²) >= 11 is 0. The van der Waals surface area contributed by atoms with E-state index >= 15 is 0 Å². The third-order valence-corrected chi connectivity index (χ3v) is 6.00. The van der Waals surface area contributed by atoms with Crippen molar-refractivity contribution in [3.8, 4) is 5.75 Å². The molecule has 0 aromatic heterocycles. The molecule has 1 fully saturated rings. The van der Waals surface area contributed by atoms with Crippen molar-refractivity contribution in [2.75, 3.05) is 0 Å². The molecule has 2 amide bonds. The van der Waals surface area contributed by atoms with Crippen molar-refractivity contribution in [2.24, 2.45) is 5.92 Å². The second-order valence-electron chi connectivity index (χ2n) is 8.23. The van der Waals surface area contributed by atoms with Gasteiger partial charge in [0.25, 0.3) is 0 Å². The van der Waals surface area contributed by atoms with Gasteiger partial charge >= 0.3 is 12.0 Å². The van der Waals surface area contributed by atoms with E-state index < -0.39 is 12.0 Å². The molecule has 31 heavy (non-hydrogen) atoms. The third-order valence-electron chi connectivity index (χ3n) is 6.00. The molecule has 1 saturated carbocycles. The quantitative estimate of drug-likeness (QED) is 0.669. The highest BCUT2D eigenvalue weighted by Gasteiger charge is 2.36. The highest BCUT2D eigenvalue weighted by Crippen LogP contribution is 2.35. The van der Waals surface area contributed by atoms with Crippen LogP contribution in [0.5, 0.6) is 5.75 Å². The number of rotatable bonds is 6. The van der Waals surface area contributed by atoms with Gasteiger partial charge in [-0.05, 0) is 43.7 Å². The van der Waals surface area contributed by atoms with Crippen molar-refractivity contribution in [1.82, 2.24) is 10.6 Å². The Balaban J connectivity index is 1.61. The van der Waals surface area contributed by atoms with E-state index in [1.54, 1.807) is 6.92 Å². The fourth-order valence-electron chi connectivity index (χ4n) is 4.27. The van der Waals surface area contributed by atoms with Crippen LogP contribution in [0.15, 0.2) is 65.9 Å². The largest absolute Gasteiger partial charge is 0.489 e. The number of para-hydroxylation sites is 1. The lowest BCUT2D eigenvalue weighted by atomic mass is 9.94. The van der Waals surface area contributed by atoms with Crippen molar-refractivity contribution in [3.05, 3.63) is 77.0 Å². The molecule has 4 rings (SSSR count). The van der Waals surface area contributed by atoms with E-state index in [9.17, 15) is 9.59 Å². The monoisotopic (exact) mass is 420 g/mol. The number of allylic oxidation sites excluding steroid dienone is 1. The Morgan fingerprint density at radius 3 is 2.55 bits per heavy atom. The van der Waals surface area contributed by atoms with Gasteiger partial charge in [-0.15, -0.1) is 0 Å². The van der Waals surface area contributed by atoms with Gasteiger partial charge in [0.1, 0.15) is 18.5 Å². The lowest BCUT2D eigenvalue weighted by Crippen LogP contribution is -2.45. The number of amides is 2. The van der Waals surface area contributed by atoms with Crippen LogP contribution in [0.3, 0.4) is 0 Å². The van der Waals surface area contributed by atoms with Gasteiger partial charge in [-0.1, -0.05) is 55.5 Å². The number of hydrogen-bond acceptors (Lipinski definition) is 4. The summed E-state index contributed by atoms with van der Waals surface area (Å²) in [4.78, 5) is 25.4. The maximum atomic E-state index is 13.2. The van der Waals surface area contributed by atoms with Crippen molar-refractivity contribution < 1.29 is 19.1 Å². The Morgan fingerprint density at radius 2 is 1.81 bits per heavy atom. The Hall–Kier alpha value is -3.28. The van der Waals surface area contributed by atoms with Crippen molar-refractivity contribution in [3.63, 3.8) is 0 Å². The highest BCUT2D eigenvalue weighted by atomic mass is 16.5. The Kier molecular flexibility index (Phi) is 6.26. The molecule has 0 unspecified atom stereocenters. The van der Waals surface area contributed by atoms with Crippen LogP contribution in [0.25, 0.3) is 0 Å². The number of nitrogens with one attached hydrogen (secondary N) is 2. The van der Waals surface area contributed by atoms with Gasteiger partial charge in [-0.3, -0.25) is 0 Å². The zero-order valence-corrected chi connectivity index (χ0v) is 17.9. The van der Waals surface area contributed by atoms with E-state index in [0.29, 0.717) is 29.5 Å². The second kappa shape index (κ2) is 9.25. The van der Waals surface area contributed by atoms with Crippen molar-refractivity contribution >= 4 is 12.0 Å². The number of esters is 1. The third kappa shape index (κ3) is 4.74. The number of benzene rings is 2. The SMILES string of the molecule is CC1=C(C(=O)O[C@H]2CCC[C@H]2C)[C@@H](c2ccccc2OCc2ccccc2)NC(=O)N1. The predicted molar refractivity (Wildman–Crippen MR) is 117 cm³/mol. The smallest absolute Gasteiger partial charge is 0.338 e. The number of carbonyl (C=O) groups excluding carboxylic acids is 2. The molecule has 3 atom stereocenters. The molecule has 0 radical (unpaired) electrons. The van der Waals surface area contributed by atoms with Crippen molar-refractivity contribution in [2.45, 2.75) is 51.9 Å². The second-order valence-corrected chi connectivity index (χ2v) is 8.23. The summed E-state index contributed by atoms with van der Waals surface area (Å²) < 4.78 is 11.9. The molecule has 162 valence electrons. The number of hydrogen-bond donors (Lipinski definition) is 2. The molecule has 6 heteroatoms. The summed E-state index contributed by atoms with van der Waals surface area (Å²) in [6.07, 6.45) is 2.91. The minimum atomic E-state index is -0.648. The molecule has 0 spiro atoms. The first-order valence-corrected chi connectivity index (χ1v) is 10.8. The summed E-state index contributed by atoms with van der Waals surface area (Å²) in [6.45, 7) is 4.23. The Labute approximate surface area is 182 Å². The Morgan fingerprint density at radius 1 is 1.06 bits per heavy atom. The van der Waals surface area contributed by atoms with Gasteiger partial charge in [0, 0.05) is 11.3 Å².